The van der Waals surface area contributed by atoms with E-state index in [2.05, 4.69) is 15.4 Å². The fourth-order valence-corrected chi connectivity index (χ4v) is 2.32. The van der Waals surface area contributed by atoms with Crippen LogP contribution in [0.3, 0.4) is 0 Å². The lowest BCUT2D eigenvalue weighted by atomic mass is 10.1. The number of nitrogens with one attached hydrogen (secondary N) is 1. The van der Waals surface area contributed by atoms with Crippen LogP contribution >= 0.6 is 0 Å². The first-order chi connectivity index (χ1) is 9.75. The molecule has 0 saturated heterocycles. The third-order valence-corrected chi connectivity index (χ3v) is 3.42. The number of aryl methyl sites for hydroxylation is 1. The van der Waals surface area contributed by atoms with Crippen molar-refractivity contribution in [2.75, 3.05) is 17.6 Å². The standard InChI is InChI=1S/C15H17N5/c1-20-11(6-10-19-20)5-8-17-14-7-9-18-15-12(14)3-2-4-13(15)16/h2-4,6-7,9-10H,5,8,16H2,1H3,(H,17,18). The molecule has 3 aromatic rings. The van der Waals surface area contributed by atoms with Crippen LogP contribution in [-0.4, -0.2) is 21.3 Å². The highest BCUT2D eigenvalue weighted by molar-refractivity contribution is 5.97. The van der Waals surface area contributed by atoms with Crippen molar-refractivity contribution in [2.45, 2.75) is 6.42 Å². The summed E-state index contributed by atoms with van der Waals surface area (Å²) in [4.78, 5) is 4.33. The summed E-state index contributed by atoms with van der Waals surface area (Å²) in [5, 5.41) is 8.66. The molecule has 2 heterocycles. The molecule has 20 heavy (non-hydrogen) atoms. The Morgan fingerprint density at radius 3 is 2.90 bits per heavy atom. The van der Waals surface area contributed by atoms with E-state index in [1.54, 1.807) is 6.20 Å². The summed E-state index contributed by atoms with van der Waals surface area (Å²) in [5.74, 6) is 0. The summed E-state index contributed by atoms with van der Waals surface area (Å²) >= 11 is 0. The molecule has 5 nitrogen and oxygen atoms in total. The summed E-state index contributed by atoms with van der Waals surface area (Å²) in [5.41, 5.74) is 9.76. The predicted octanol–water partition coefficient (Wildman–Crippen LogP) is 2.21. The molecule has 3 N–H and O–H groups in total. The number of benzene rings is 1. The Balaban J connectivity index is 1.78. The number of nitrogens with zero attached hydrogens (tertiary/aromatic N) is 3. The molecule has 0 amide bonds. The largest absolute Gasteiger partial charge is 0.397 e. The molecule has 0 radical (unpaired) electrons. The van der Waals surface area contributed by atoms with Crippen molar-refractivity contribution in [2.24, 2.45) is 7.05 Å². The van der Waals surface area contributed by atoms with Gasteiger partial charge in [-0.05, 0) is 18.2 Å². The van der Waals surface area contributed by atoms with E-state index in [1.165, 1.54) is 5.69 Å². The number of nitrogens with two attached hydrogens (primary N) is 1. The van der Waals surface area contributed by atoms with Crippen molar-refractivity contribution in [3.63, 3.8) is 0 Å². The fraction of sp³-hybridized carbons (Fsp3) is 0.200. The maximum Gasteiger partial charge on any atom is 0.0951 e. The zero-order valence-corrected chi connectivity index (χ0v) is 11.4. The third-order valence-electron chi connectivity index (χ3n) is 3.42. The molecule has 0 spiro atoms. The molecule has 1 aromatic carbocycles. The number of aromatic nitrogens is 3. The van der Waals surface area contributed by atoms with Gasteiger partial charge in [0.2, 0.25) is 0 Å². The molecule has 5 heteroatoms. The number of anilines is 2. The second kappa shape index (κ2) is 5.21. The molecule has 0 aliphatic heterocycles. The minimum Gasteiger partial charge on any atom is -0.397 e. The molecule has 2 aromatic heterocycles. The van der Waals surface area contributed by atoms with Gasteiger partial charge >= 0.3 is 0 Å². The summed E-state index contributed by atoms with van der Waals surface area (Å²) in [6.45, 7) is 0.841. The monoisotopic (exact) mass is 267 g/mol. The van der Waals surface area contributed by atoms with Crippen LogP contribution in [0.5, 0.6) is 0 Å². The van der Waals surface area contributed by atoms with Gasteiger partial charge in [0.25, 0.3) is 0 Å². The average molecular weight is 267 g/mol. The Morgan fingerprint density at radius 1 is 1.20 bits per heavy atom. The van der Waals surface area contributed by atoms with Crippen LogP contribution in [0.25, 0.3) is 10.9 Å². The number of pyridine rings is 1. The van der Waals surface area contributed by atoms with E-state index in [9.17, 15) is 0 Å². The molecule has 0 atom stereocenters. The minimum absolute atomic E-state index is 0.706. The van der Waals surface area contributed by atoms with Crippen molar-refractivity contribution in [1.82, 2.24) is 14.8 Å². The van der Waals surface area contributed by atoms with Crippen LogP contribution in [0.4, 0.5) is 11.4 Å². The summed E-state index contributed by atoms with van der Waals surface area (Å²) in [7, 11) is 1.96. The van der Waals surface area contributed by atoms with Gasteiger partial charge in [-0.3, -0.25) is 9.67 Å². The maximum atomic E-state index is 5.95. The van der Waals surface area contributed by atoms with Gasteiger partial charge in [-0.2, -0.15) is 5.10 Å². The number of para-hydroxylation sites is 1. The molecule has 0 aliphatic carbocycles. The van der Waals surface area contributed by atoms with Gasteiger partial charge in [-0.25, -0.2) is 0 Å². The van der Waals surface area contributed by atoms with E-state index >= 15 is 0 Å². The second-order valence-electron chi connectivity index (χ2n) is 4.72. The van der Waals surface area contributed by atoms with Gasteiger partial charge in [0.05, 0.1) is 11.2 Å². The molecule has 102 valence electrons. The molecule has 0 fully saturated rings. The minimum atomic E-state index is 0.706. The first-order valence-electron chi connectivity index (χ1n) is 6.59. The Kier molecular flexibility index (Phi) is 3.25. The zero-order chi connectivity index (χ0) is 13.9. The molecule has 0 unspecified atom stereocenters. The summed E-state index contributed by atoms with van der Waals surface area (Å²) in [6, 6.07) is 9.86. The number of fused-ring (bicyclic) bond motifs is 1. The molecular formula is C15H17N5. The number of nitrogen functional groups attached to an aromatic ring is 1. The van der Waals surface area contributed by atoms with Crippen LogP contribution in [0.15, 0.2) is 42.7 Å². The first-order valence-corrected chi connectivity index (χ1v) is 6.59. The molecule has 3 rings (SSSR count). The van der Waals surface area contributed by atoms with E-state index in [-0.39, 0.29) is 0 Å². The molecular weight excluding hydrogens is 250 g/mol. The first kappa shape index (κ1) is 12.5. The lowest BCUT2D eigenvalue weighted by Crippen LogP contribution is -2.08. The van der Waals surface area contributed by atoms with E-state index in [0.29, 0.717) is 5.69 Å². The molecule has 0 bridgehead atoms. The van der Waals surface area contributed by atoms with Crippen LogP contribution < -0.4 is 11.1 Å². The van der Waals surface area contributed by atoms with E-state index in [4.69, 9.17) is 5.73 Å². The van der Waals surface area contributed by atoms with Crippen LogP contribution in [-0.2, 0) is 13.5 Å². The fourth-order valence-electron chi connectivity index (χ4n) is 2.32. The zero-order valence-electron chi connectivity index (χ0n) is 11.4. The lowest BCUT2D eigenvalue weighted by molar-refractivity contribution is 0.711. The number of rotatable bonds is 4. The van der Waals surface area contributed by atoms with E-state index in [1.807, 2.05) is 48.3 Å². The Labute approximate surface area is 117 Å². The summed E-state index contributed by atoms with van der Waals surface area (Å²) < 4.78 is 1.89. The van der Waals surface area contributed by atoms with Gasteiger partial charge in [0.1, 0.15) is 0 Å². The van der Waals surface area contributed by atoms with Crippen LogP contribution in [0, 0.1) is 0 Å². The van der Waals surface area contributed by atoms with E-state index in [0.717, 1.165) is 29.6 Å². The van der Waals surface area contributed by atoms with Crippen LogP contribution in [0.1, 0.15) is 5.69 Å². The highest BCUT2D eigenvalue weighted by Crippen LogP contribution is 2.25. The lowest BCUT2D eigenvalue weighted by Gasteiger charge is -2.10. The van der Waals surface area contributed by atoms with E-state index < -0.39 is 0 Å². The third kappa shape index (κ3) is 2.30. The van der Waals surface area contributed by atoms with Crippen molar-refractivity contribution in [3.05, 3.63) is 48.4 Å². The smallest absolute Gasteiger partial charge is 0.0951 e. The normalized spacial score (nSPS) is 10.8. The quantitative estimate of drug-likeness (QED) is 0.711. The highest BCUT2D eigenvalue weighted by Gasteiger charge is 2.04. The van der Waals surface area contributed by atoms with Crippen molar-refractivity contribution in [1.29, 1.82) is 0 Å². The van der Waals surface area contributed by atoms with Gasteiger partial charge in [-0.15, -0.1) is 0 Å². The maximum absolute atomic E-state index is 5.95. The van der Waals surface area contributed by atoms with Gasteiger partial charge in [0.15, 0.2) is 0 Å². The number of hydrogen-bond acceptors (Lipinski definition) is 4. The van der Waals surface area contributed by atoms with Gasteiger partial charge in [-0.1, -0.05) is 12.1 Å². The molecule has 0 saturated carbocycles. The van der Waals surface area contributed by atoms with Gasteiger partial charge in [0, 0.05) is 49.2 Å². The Bertz CT molecular complexity index is 732. The Morgan fingerprint density at radius 2 is 2.10 bits per heavy atom. The predicted molar refractivity (Wildman–Crippen MR) is 81.6 cm³/mol. The van der Waals surface area contributed by atoms with Crippen LogP contribution in [0.2, 0.25) is 0 Å². The topological polar surface area (TPSA) is 68.8 Å². The second-order valence-corrected chi connectivity index (χ2v) is 4.72. The SMILES string of the molecule is Cn1nccc1CCNc1ccnc2c(N)cccc12. The van der Waals surface area contributed by atoms with Crippen molar-refractivity contribution < 1.29 is 0 Å². The highest BCUT2D eigenvalue weighted by atomic mass is 15.3. The number of hydrogen-bond donors (Lipinski definition) is 2. The average Bonchev–Trinajstić information content (AvgIpc) is 2.86. The van der Waals surface area contributed by atoms with Crippen molar-refractivity contribution >= 4 is 22.3 Å². The van der Waals surface area contributed by atoms with Gasteiger partial charge < -0.3 is 11.1 Å². The summed E-state index contributed by atoms with van der Waals surface area (Å²) in [6.07, 6.45) is 4.52. The van der Waals surface area contributed by atoms with Crippen molar-refractivity contribution in [3.8, 4) is 0 Å². The molecule has 0 aliphatic rings. The Hall–Kier alpha value is -2.56.